The zero-order valence-electron chi connectivity index (χ0n) is 14.2. The smallest absolute Gasteiger partial charge is 0.122 e. The lowest BCUT2D eigenvalue weighted by atomic mass is 10.0. The van der Waals surface area contributed by atoms with Gasteiger partial charge in [0.05, 0.1) is 6.61 Å². The molecule has 0 radical (unpaired) electrons. The maximum Gasteiger partial charge on any atom is 0.122 e. The largest absolute Gasteiger partial charge is 0.491 e. The van der Waals surface area contributed by atoms with E-state index >= 15 is 0 Å². The summed E-state index contributed by atoms with van der Waals surface area (Å²) in [6.07, 6.45) is 2.19. The second-order valence-electron chi connectivity index (χ2n) is 6.16. The maximum absolute atomic E-state index is 6.06. The summed E-state index contributed by atoms with van der Waals surface area (Å²) in [5, 5.41) is 0. The molecule has 0 bridgehead atoms. The van der Waals surface area contributed by atoms with Crippen molar-refractivity contribution in [1.82, 2.24) is 4.90 Å². The SMILES string of the molecule is CN1CCO[C@@H](COc2ccccc2CCc2ccccc2)C1.Cl. The Morgan fingerprint density at radius 1 is 1.04 bits per heavy atom. The topological polar surface area (TPSA) is 21.7 Å². The molecule has 3 nitrogen and oxygen atoms in total. The predicted octanol–water partition coefficient (Wildman–Crippen LogP) is 3.60. The quantitative estimate of drug-likeness (QED) is 0.797. The van der Waals surface area contributed by atoms with Crippen LogP contribution in [0.2, 0.25) is 0 Å². The van der Waals surface area contributed by atoms with E-state index in [-0.39, 0.29) is 18.5 Å². The molecule has 0 N–H and O–H groups in total. The first kappa shape index (κ1) is 18.8. The minimum Gasteiger partial charge on any atom is -0.491 e. The summed E-state index contributed by atoms with van der Waals surface area (Å²) in [6, 6.07) is 18.9. The molecule has 4 heteroatoms. The van der Waals surface area contributed by atoms with Gasteiger partial charge in [0.2, 0.25) is 0 Å². The molecule has 0 saturated carbocycles. The molecule has 3 rings (SSSR count). The minimum absolute atomic E-state index is 0. The van der Waals surface area contributed by atoms with Gasteiger partial charge in [0.25, 0.3) is 0 Å². The number of hydrogen-bond acceptors (Lipinski definition) is 3. The van der Waals surface area contributed by atoms with Crippen LogP contribution in [0.1, 0.15) is 11.1 Å². The van der Waals surface area contributed by atoms with Crippen molar-refractivity contribution in [2.24, 2.45) is 0 Å². The average molecular weight is 348 g/mol. The van der Waals surface area contributed by atoms with Crippen molar-refractivity contribution >= 4 is 12.4 Å². The first-order chi connectivity index (χ1) is 11.3. The highest BCUT2D eigenvalue weighted by Crippen LogP contribution is 2.21. The summed E-state index contributed by atoms with van der Waals surface area (Å²) in [7, 11) is 2.13. The van der Waals surface area contributed by atoms with E-state index in [1.165, 1.54) is 11.1 Å². The Labute approximate surface area is 151 Å². The van der Waals surface area contributed by atoms with Crippen molar-refractivity contribution in [3.05, 3.63) is 65.7 Å². The molecule has 0 aliphatic carbocycles. The molecule has 2 aromatic carbocycles. The number of morpholine rings is 1. The van der Waals surface area contributed by atoms with Crippen LogP contribution in [0.3, 0.4) is 0 Å². The number of nitrogens with zero attached hydrogens (tertiary/aromatic N) is 1. The lowest BCUT2D eigenvalue weighted by Crippen LogP contribution is -2.42. The van der Waals surface area contributed by atoms with Crippen molar-refractivity contribution in [2.75, 3.05) is 33.4 Å². The van der Waals surface area contributed by atoms with Gasteiger partial charge in [-0.05, 0) is 37.1 Å². The number of hydrogen-bond donors (Lipinski definition) is 0. The highest BCUT2D eigenvalue weighted by molar-refractivity contribution is 5.85. The fourth-order valence-electron chi connectivity index (χ4n) is 2.93. The third-order valence-corrected chi connectivity index (χ3v) is 4.27. The molecule has 1 aliphatic rings. The number of para-hydroxylation sites is 1. The molecule has 0 unspecified atom stereocenters. The van der Waals surface area contributed by atoms with E-state index < -0.39 is 0 Å². The van der Waals surface area contributed by atoms with Gasteiger partial charge in [-0.2, -0.15) is 0 Å². The van der Waals surface area contributed by atoms with Gasteiger partial charge in [0.1, 0.15) is 18.5 Å². The lowest BCUT2D eigenvalue weighted by molar-refractivity contribution is -0.0404. The zero-order valence-corrected chi connectivity index (χ0v) is 15.0. The van der Waals surface area contributed by atoms with Gasteiger partial charge in [-0.1, -0.05) is 48.5 Å². The van der Waals surface area contributed by atoms with Gasteiger partial charge < -0.3 is 14.4 Å². The summed E-state index contributed by atoms with van der Waals surface area (Å²) < 4.78 is 11.8. The number of aryl methyl sites for hydroxylation is 2. The van der Waals surface area contributed by atoms with Crippen LogP contribution in [-0.4, -0.2) is 44.4 Å². The van der Waals surface area contributed by atoms with Crippen LogP contribution in [0.5, 0.6) is 5.75 Å². The summed E-state index contributed by atoms with van der Waals surface area (Å²) in [4.78, 5) is 2.29. The molecular formula is C20H26ClNO2. The standard InChI is InChI=1S/C20H25NO2.ClH/c1-21-13-14-22-19(15-21)16-23-20-10-6-5-9-18(20)12-11-17-7-3-2-4-8-17;/h2-10,19H,11-16H2,1H3;1H/t19-;/m1./s1. The average Bonchev–Trinajstić information content (AvgIpc) is 2.60. The van der Waals surface area contributed by atoms with Crippen LogP contribution in [0.4, 0.5) is 0 Å². The van der Waals surface area contributed by atoms with Crippen molar-refractivity contribution < 1.29 is 9.47 Å². The predicted molar refractivity (Wildman–Crippen MR) is 100 cm³/mol. The molecule has 1 saturated heterocycles. The van der Waals surface area contributed by atoms with Gasteiger partial charge in [-0.15, -0.1) is 12.4 Å². The Kier molecular flexibility index (Phi) is 7.57. The molecule has 130 valence electrons. The highest BCUT2D eigenvalue weighted by atomic mass is 35.5. The van der Waals surface area contributed by atoms with Gasteiger partial charge in [0, 0.05) is 13.1 Å². The molecule has 2 aromatic rings. The first-order valence-electron chi connectivity index (χ1n) is 8.36. The van der Waals surface area contributed by atoms with Gasteiger partial charge in [-0.25, -0.2) is 0 Å². The summed E-state index contributed by atoms with van der Waals surface area (Å²) in [5.74, 6) is 0.986. The van der Waals surface area contributed by atoms with Crippen LogP contribution >= 0.6 is 12.4 Å². The Morgan fingerprint density at radius 3 is 2.58 bits per heavy atom. The lowest BCUT2D eigenvalue weighted by Gasteiger charge is -2.30. The molecule has 1 aliphatic heterocycles. The van der Waals surface area contributed by atoms with Crippen LogP contribution < -0.4 is 4.74 Å². The zero-order chi connectivity index (χ0) is 15.9. The minimum atomic E-state index is 0. The van der Waals surface area contributed by atoms with E-state index in [2.05, 4.69) is 60.5 Å². The molecule has 1 fully saturated rings. The van der Waals surface area contributed by atoms with E-state index in [1.54, 1.807) is 0 Å². The van der Waals surface area contributed by atoms with Gasteiger partial charge >= 0.3 is 0 Å². The fourth-order valence-corrected chi connectivity index (χ4v) is 2.93. The summed E-state index contributed by atoms with van der Waals surface area (Å²) in [5.41, 5.74) is 2.63. The van der Waals surface area contributed by atoms with Crippen LogP contribution in [0.25, 0.3) is 0 Å². The second-order valence-corrected chi connectivity index (χ2v) is 6.16. The Hall–Kier alpha value is -1.55. The summed E-state index contributed by atoms with van der Waals surface area (Å²) >= 11 is 0. The number of halogens is 1. The molecule has 0 aromatic heterocycles. The summed E-state index contributed by atoms with van der Waals surface area (Å²) in [6.45, 7) is 3.35. The molecule has 1 atom stereocenters. The van der Waals surface area contributed by atoms with Gasteiger partial charge in [0.15, 0.2) is 0 Å². The number of ether oxygens (including phenoxy) is 2. The van der Waals surface area contributed by atoms with E-state index in [9.17, 15) is 0 Å². The number of benzene rings is 2. The molecule has 0 amide bonds. The van der Waals surface area contributed by atoms with E-state index in [0.717, 1.165) is 38.3 Å². The second kappa shape index (κ2) is 9.67. The van der Waals surface area contributed by atoms with E-state index in [1.807, 2.05) is 6.07 Å². The number of rotatable bonds is 6. The number of likely N-dealkylation sites (N-methyl/N-ethyl adjacent to an activating group) is 1. The van der Waals surface area contributed by atoms with Crippen LogP contribution in [-0.2, 0) is 17.6 Å². The maximum atomic E-state index is 6.06. The molecule has 24 heavy (non-hydrogen) atoms. The molecule has 0 spiro atoms. The van der Waals surface area contributed by atoms with Crippen LogP contribution in [0, 0.1) is 0 Å². The Bertz CT molecular complexity index is 606. The Morgan fingerprint density at radius 2 is 1.79 bits per heavy atom. The van der Waals surface area contributed by atoms with Crippen molar-refractivity contribution in [3.63, 3.8) is 0 Å². The Balaban J connectivity index is 0.00000208. The van der Waals surface area contributed by atoms with Crippen molar-refractivity contribution in [3.8, 4) is 5.75 Å². The van der Waals surface area contributed by atoms with E-state index in [0.29, 0.717) is 6.61 Å². The molecular weight excluding hydrogens is 322 g/mol. The molecule has 1 heterocycles. The third kappa shape index (κ3) is 5.52. The van der Waals surface area contributed by atoms with E-state index in [4.69, 9.17) is 9.47 Å². The fraction of sp³-hybridized carbons (Fsp3) is 0.400. The van der Waals surface area contributed by atoms with Crippen molar-refractivity contribution in [1.29, 1.82) is 0 Å². The van der Waals surface area contributed by atoms with Gasteiger partial charge in [-0.3, -0.25) is 0 Å². The van der Waals surface area contributed by atoms with Crippen molar-refractivity contribution in [2.45, 2.75) is 18.9 Å². The van der Waals surface area contributed by atoms with Crippen LogP contribution in [0.15, 0.2) is 54.6 Å². The normalized spacial score (nSPS) is 18.0. The third-order valence-electron chi connectivity index (χ3n) is 4.27. The first-order valence-corrected chi connectivity index (χ1v) is 8.36. The highest BCUT2D eigenvalue weighted by Gasteiger charge is 2.18. The monoisotopic (exact) mass is 347 g/mol.